The van der Waals surface area contributed by atoms with Crippen molar-refractivity contribution in [2.75, 3.05) is 18.7 Å². The smallest absolute Gasteiger partial charge is 0.306 e. The average Bonchev–Trinajstić information content (AvgIpc) is 3.09. The lowest BCUT2D eigenvalue weighted by atomic mass is 9.86. The Kier molecular flexibility index (Phi) is 6.14. The Labute approximate surface area is 147 Å². The number of rotatable bonds is 7. The zero-order valence-electron chi connectivity index (χ0n) is 14.4. The summed E-state index contributed by atoms with van der Waals surface area (Å²) in [4.78, 5) is 23.6. The number of anilines is 1. The third-order valence-corrected chi connectivity index (χ3v) is 4.74. The molecule has 6 nitrogen and oxygen atoms in total. The van der Waals surface area contributed by atoms with Gasteiger partial charge in [0.05, 0.1) is 0 Å². The largest absolute Gasteiger partial charge is 0.456 e. The molecule has 0 atom stereocenters. The minimum atomic E-state index is -0.362. The molecule has 1 N–H and O–H groups in total. The Hall–Kier alpha value is -2.24. The Morgan fingerprint density at radius 2 is 1.92 bits per heavy atom. The van der Waals surface area contributed by atoms with Crippen LogP contribution in [0.4, 0.5) is 5.69 Å². The highest BCUT2D eigenvalue weighted by atomic mass is 16.7. The minimum Gasteiger partial charge on any atom is -0.456 e. The second-order valence-corrected chi connectivity index (χ2v) is 6.67. The number of amides is 1. The molecule has 1 amide bonds. The van der Waals surface area contributed by atoms with Crippen LogP contribution < -0.4 is 14.8 Å². The third-order valence-electron chi connectivity index (χ3n) is 4.74. The topological polar surface area (TPSA) is 73.9 Å². The van der Waals surface area contributed by atoms with E-state index in [0.29, 0.717) is 23.6 Å². The zero-order valence-corrected chi connectivity index (χ0v) is 14.4. The maximum atomic E-state index is 11.9. The van der Waals surface area contributed by atoms with Crippen LogP contribution in [-0.4, -0.2) is 25.3 Å². The third kappa shape index (κ3) is 5.37. The molecule has 1 aliphatic heterocycles. The van der Waals surface area contributed by atoms with Crippen molar-refractivity contribution in [1.29, 1.82) is 0 Å². The van der Waals surface area contributed by atoms with Gasteiger partial charge in [0.2, 0.25) is 6.79 Å². The first-order valence-electron chi connectivity index (χ1n) is 9.06. The van der Waals surface area contributed by atoms with Crippen LogP contribution in [0.15, 0.2) is 18.2 Å². The van der Waals surface area contributed by atoms with Gasteiger partial charge in [0.25, 0.3) is 5.91 Å². The lowest BCUT2D eigenvalue weighted by Crippen LogP contribution is -2.20. The van der Waals surface area contributed by atoms with Crippen LogP contribution in [0.2, 0.25) is 0 Å². The van der Waals surface area contributed by atoms with E-state index in [4.69, 9.17) is 14.2 Å². The molecule has 2 aliphatic rings. The van der Waals surface area contributed by atoms with Gasteiger partial charge in [-0.1, -0.05) is 32.1 Å². The summed E-state index contributed by atoms with van der Waals surface area (Å²) < 4.78 is 15.5. The van der Waals surface area contributed by atoms with E-state index >= 15 is 0 Å². The van der Waals surface area contributed by atoms with Crippen LogP contribution in [-0.2, 0) is 14.3 Å². The van der Waals surface area contributed by atoms with Crippen LogP contribution in [0.25, 0.3) is 0 Å². The van der Waals surface area contributed by atoms with Crippen LogP contribution >= 0.6 is 0 Å². The Bertz CT molecular complexity index is 610. The maximum absolute atomic E-state index is 11.9. The number of hydrogen-bond acceptors (Lipinski definition) is 5. The molecule has 0 bridgehead atoms. The fourth-order valence-corrected chi connectivity index (χ4v) is 3.40. The zero-order chi connectivity index (χ0) is 17.5. The molecule has 1 fully saturated rings. The Morgan fingerprint density at radius 3 is 2.76 bits per heavy atom. The van der Waals surface area contributed by atoms with E-state index in [1.165, 1.54) is 32.1 Å². The van der Waals surface area contributed by atoms with Gasteiger partial charge in [0.15, 0.2) is 18.1 Å². The fraction of sp³-hybridized carbons (Fsp3) is 0.579. The fourth-order valence-electron chi connectivity index (χ4n) is 3.40. The maximum Gasteiger partial charge on any atom is 0.306 e. The summed E-state index contributed by atoms with van der Waals surface area (Å²) >= 11 is 0. The molecule has 0 spiro atoms. The van der Waals surface area contributed by atoms with Crippen LogP contribution in [0.3, 0.4) is 0 Å². The summed E-state index contributed by atoms with van der Waals surface area (Å²) in [6.45, 7) is -0.0814. The van der Waals surface area contributed by atoms with Crippen molar-refractivity contribution in [2.24, 2.45) is 5.92 Å². The first kappa shape index (κ1) is 17.6. The number of esters is 1. The molecule has 0 aromatic heterocycles. The van der Waals surface area contributed by atoms with Crippen LogP contribution in [0, 0.1) is 5.92 Å². The van der Waals surface area contributed by atoms with Crippen molar-refractivity contribution in [1.82, 2.24) is 0 Å². The van der Waals surface area contributed by atoms with Gasteiger partial charge >= 0.3 is 5.97 Å². The number of carbonyl (C=O) groups is 2. The second kappa shape index (κ2) is 8.74. The van der Waals surface area contributed by atoms with Gasteiger partial charge in [-0.2, -0.15) is 0 Å². The SMILES string of the molecule is O=C(COC(=O)CCCC1CCCCC1)Nc1ccc2c(c1)OCO2. The number of nitrogens with one attached hydrogen (secondary N) is 1. The summed E-state index contributed by atoms with van der Waals surface area (Å²) in [6.07, 6.45) is 8.85. The van der Waals surface area contributed by atoms with E-state index in [1.807, 2.05) is 0 Å². The van der Waals surface area contributed by atoms with E-state index in [9.17, 15) is 9.59 Å². The van der Waals surface area contributed by atoms with Crippen molar-refractivity contribution < 1.29 is 23.8 Å². The molecule has 1 saturated carbocycles. The summed E-state index contributed by atoms with van der Waals surface area (Å²) in [5.74, 6) is 1.34. The van der Waals surface area contributed by atoms with E-state index in [2.05, 4.69) is 5.32 Å². The number of fused-ring (bicyclic) bond motifs is 1. The van der Waals surface area contributed by atoms with Gasteiger partial charge < -0.3 is 19.5 Å². The quantitative estimate of drug-likeness (QED) is 0.762. The van der Waals surface area contributed by atoms with Crippen molar-refractivity contribution in [3.05, 3.63) is 18.2 Å². The average molecular weight is 347 g/mol. The van der Waals surface area contributed by atoms with Gasteiger partial charge in [-0.15, -0.1) is 0 Å². The first-order valence-corrected chi connectivity index (χ1v) is 9.06. The number of benzene rings is 1. The molecule has 0 unspecified atom stereocenters. The summed E-state index contributed by atoms with van der Waals surface area (Å²) in [6, 6.07) is 5.14. The van der Waals surface area contributed by atoms with Gasteiger partial charge in [0.1, 0.15) is 0 Å². The van der Waals surface area contributed by atoms with Crippen molar-refractivity contribution in [3.8, 4) is 11.5 Å². The van der Waals surface area contributed by atoms with Crippen LogP contribution in [0.5, 0.6) is 11.5 Å². The van der Waals surface area contributed by atoms with Gasteiger partial charge in [-0.3, -0.25) is 9.59 Å². The summed E-state index contributed by atoms with van der Waals surface area (Å²) in [5, 5.41) is 2.68. The number of ether oxygens (including phenoxy) is 3. The monoisotopic (exact) mass is 347 g/mol. The molecule has 1 aromatic carbocycles. The second-order valence-electron chi connectivity index (χ2n) is 6.67. The van der Waals surface area contributed by atoms with Crippen molar-refractivity contribution in [2.45, 2.75) is 51.4 Å². The molecule has 25 heavy (non-hydrogen) atoms. The summed E-state index contributed by atoms with van der Waals surface area (Å²) in [5.41, 5.74) is 0.586. The van der Waals surface area contributed by atoms with Crippen molar-refractivity contribution >= 4 is 17.6 Å². The normalized spacial score (nSPS) is 16.5. The lowest BCUT2D eigenvalue weighted by Gasteiger charge is -2.20. The molecule has 3 rings (SSSR count). The predicted molar refractivity (Wildman–Crippen MR) is 92.6 cm³/mol. The Morgan fingerprint density at radius 1 is 1.12 bits per heavy atom. The van der Waals surface area contributed by atoms with E-state index in [1.54, 1.807) is 18.2 Å². The van der Waals surface area contributed by atoms with Crippen LogP contribution in [0.1, 0.15) is 51.4 Å². The van der Waals surface area contributed by atoms with E-state index in [-0.39, 0.29) is 25.3 Å². The molecule has 1 aliphatic carbocycles. The molecule has 1 aromatic rings. The first-order chi connectivity index (χ1) is 12.2. The van der Waals surface area contributed by atoms with Gasteiger partial charge in [-0.25, -0.2) is 0 Å². The number of hydrogen-bond donors (Lipinski definition) is 1. The molecule has 6 heteroatoms. The minimum absolute atomic E-state index is 0.186. The molecule has 0 saturated heterocycles. The lowest BCUT2D eigenvalue weighted by molar-refractivity contribution is -0.147. The molecule has 0 radical (unpaired) electrons. The molecule has 1 heterocycles. The predicted octanol–water partition coefficient (Wildman–Crippen LogP) is 3.65. The van der Waals surface area contributed by atoms with Gasteiger partial charge in [0, 0.05) is 18.2 Å². The van der Waals surface area contributed by atoms with Gasteiger partial charge in [-0.05, 0) is 30.9 Å². The molecule has 136 valence electrons. The highest BCUT2D eigenvalue weighted by Gasteiger charge is 2.16. The van der Waals surface area contributed by atoms with E-state index in [0.717, 1.165) is 18.8 Å². The highest BCUT2D eigenvalue weighted by molar-refractivity contribution is 5.93. The summed E-state index contributed by atoms with van der Waals surface area (Å²) in [7, 11) is 0. The number of carbonyl (C=O) groups excluding carboxylic acids is 2. The molecular formula is C19H25NO5. The highest BCUT2D eigenvalue weighted by Crippen LogP contribution is 2.34. The Balaban J connectivity index is 1.32. The molecular weight excluding hydrogens is 322 g/mol. The standard InChI is InChI=1S/C19H25NO5/c21-18(20-15-9-10-16-17(11-15)25-13-24-16)12-23-19(22)8-4-7-14-5-2-1-3-6-14/h9-11,14H,1-8,12-13H2,(H,20,21). The van der Waals surface area contributed by atoms with Crippen molar-refractivity contribution in [3.63, 3.8) is 0 Å². The van der Waals surface area contributed by atoms with E-state index < -0.39 is 0 Å².